The Morgan fingerprint density at radius 1 is 1.14 bits per heavy atom. The number of rotatable bonds is 0. The average molecular weight is 288 g/mol. The van der Waals surface area contributed by atoms with Crippen LogP contribution in [-0.2, 0) is 10.2 Å². The fourth-order valence-corrected chi connectivity index (χ4v) is 3.66. The molecule has 0 radical (unpaired) electrons. The minimum Gasteiger partial charge on any atom is -0.487 e. The molecule has 0 bridgehead atoms. The van der Waals surface area contributed by atoms with Gasteiger partial charge in [-0.25, -0.2) is 0 Å². The van der Waals surface area contributed by atoms with Crippen LogP contribution in [0.15, 0.2) is 18.2 Å². The molecule has 1 saturated heterocycles. The van der Waals surface area contributed by atoms with Crippen molar-refractivity contribution in [1.82, 2.24) is 0 Å². The second-order valence-corrected chi connectivity index (χ2v) is 8.26. The molecule has 3 rings (SSSR count). The van der Waals surface area contributed by atoms with Gasteiger partial charge in [0, 0.05) is 11.5 Å². The standard InChI is InChI=1S/C19H28O2/c1-12-7-10-15-17(20-12)14-9-8-13(18(2,3)4)11-16(14)21-19(15,5)6/h8-9,11-12,15,17H,7,10H2,1-6H3/t12-,15-,17+/m0/s1. The highest BCUT2D eigenvalue weighted by Crippen LogP contribution is 2.51. The van der Waals surface area contributed by atoms with E-state index in [2.05, 4.69) is 59.7 Å². The smallest absolute Gasteiger partial charge is 0.126 e. The monoisotopic (exact) mass is 288 g/mol. The summed E-state index contributed by atoms with van der Waals surface area (Å²) < 4.78 is 12.7. The van der Waals surface area contributed by atoms with Gasteiger partial charge in [0.2, 0.25) is 0 Å². The summed E-state index contributed by atoms with van der Waals surface area (Å²) in [7, 11) is 0. The third-order valence-electron chi connectivity index (χ3n) is 5.08. The molecule has 0 spiro atoms. The van der Waals surface area contributed by atoms with Crippen molar-refractivity contribution in [3.8, 4) is 5.75 Å². The molecule has 3 atom stereocenters. The summed E-state index contributed by atoms with van der Waals surface area (Å²) in [4.78, 5) is 0. The van der Waals surface area contributed by atoms with Crippen LogP contribution in [0.5, 0.6) is 5.75 Å². The van der Waals surface area contributed by atoms with E-state index in [1.807, 2.05) is 0 Å². The van der Waals surface area contributed by atoms with Crippen molar-refractivity contribution in [2.45, 2.75) is 77.6 Å². The molecule has 0 N–H and O–H groups in total. The van der Waals surface area contributed by atoms with Gasteiger partial charge in [0.15, 0.2) is 0 Å². The second kappa shape index (κ2) is 4.74. The Labute approximate surface area is 128 Å². The minimum absolute atomic E-state index is 0.139. The zero-order valence-corrected chi connectivity index (χ0v) is 14.2. The van der Waals surface area contributed by atoms with Crippen LogP contribution in [-0.4, -0.2) is 11.7 Å². The molecule has 0 saturated carbocycles. The van der Waals surface area contributed by atoms with E-state index >= 15 is 0 Å². The van der Waals surface area contributed by atoms with E-state index in [0.29, 0.717) is 12.0 Å². The van der Waals surface area contributed by atoms with Crippen molar-refractivity contribution in [2.24, 2.45) is 5.92 Å². The van der Waals surface area contributed by atoms with Gasteiger partial charge in [0.1, 0.15) is 11.4 Å². The molecule has 2 heterocycles. The Balaban J connectivity index is 2.05. The Hall–Kier alpha value is -1.02. The van der Waals surface area contributed by atoms with Gasteiger partial charge in [-0.2, -0.15) is 0 Å². The lowest BCUT2D eigenvalue weighted by Crippen LogP contribution is -2.48. The van der Waals surface area contributed by atoms with Crippen molar-refractivity contribution in [3.05, 3.63) is 29.3 Å². The zero-order chi connectivity index (χ0) is 15.4. The van der Waals surface area contributed by atoms with Gasteiger partial charge in [-0.3, -0.25) is 0 Å². The molecular formula is C19H28O2. The first-order valence-electron chi connectivity index (χ1n) is 8.17. The van der Waals surface area contributed by atoms with Gasteiger partial charge in [0.25, 0.3) is 0 Å². The number of hydrogen-bond donors (Lipinski definition) is 0. The lowest BCUT2D eigenvalue weighted by molar-refractivity contribution is -0.144. The molecule has 1 aromatic carbocycles. The fraction of sp³-hybridized carbons (Fsp3) is 0.684. The number of ether oxygens (including phenoxy) is 2. The van der Waals surface area contributed by atoms with Crippen molar-refractivity contribution < 1.29 is 9.47 Å². The Morgan fingerprint density at radius 3 is 2.52 bits per heavy atom. The molecule has 21 heavy (non-hydrogen) atoms. The lowest BCUT2D eigenvalue weighted by atomic mass is 9.74. The molecule has 2 heteroatoms. The number of hydrogen-bond acceptors (Lipinski definition) is 2. The summed E-state index contributed by atoms with van der Waals surface area (Å²) in [5.41, 5.74) is 2.53. The molecule has 2 aliphatic heterocycles. The quantitative estimate of drug-likeness (QED) is 0.668. The van der Waals surface area contributed by atoms with Crippen LogP contribution >= 0.6 is 0 Å². The van der Waals surface area contributed by atoms with E-state index in [0.717, 1.165) is 12.2 Å². The van der Waals surface area contributed by atoms with Gasteiger partial charge in [-0.05, 0) is 50.7 Å². The normalized spacial score (nSPS) is 31.0. The summed E-state index contributed by atoms with van der Waals surface area (Å²) in [5, 5.41) is 0. The Morgan fingerprint density at radius 2 is 1.86 bits per heavy atom. The SMILES string of the molecule is C[C@H]1CC[C@H]2[C@H](O1)c1ccc(C(C)(C)C)cc1OC2(C)C. The van der Waals surface area contributed by atoms with E-state index in [9.17, 15) is 0 Å². The first-order chi connectivity index (χ1) is 9.68. The highest BCUT2D eigenvalue weighted by molar-refractivity contribution is 5.44. The molecule has 0 unspecified atom stereocenters. The predicted molar refractivity (Wildman–Crippen MR) is 85.9 cm³/mol. The predicted octanol–water partition coefficient (Wildman–Crippen LogP) is 5.01. The number of fused-ring (bicyclic) bond motifs is 3. The first kappa shape index (κ1) is 14.9. The first-order valence-corrected chi connectivity index (χ1v) is 8.17. The van der Waals surface area contributed by atoms with Gasteiger partial charge in [0.05, 0.1) is 12.2 Å². The zero-order valence-electron chi connectivity index (χ0n) is 14.2. The summed E-state index contributed by atoms with van der Waals surface area (Å²) in [6, 6.07) is 6.68. The van der Waals surface area contributed by atoms with Gasteiger partial charge >= 0.3 is 0 Å². The molecule has 2 nitrogen and oxygen atoms in total. The van der Waals surface area contributed by atoms with Gasteiger partial charge < -0.3 is 9.47 Å². The second-order valence-electron chi connectivity index (χ2n) is 8.26. The third kappa shape index (κ3) is 2.59. The van der Waals surface area contributed by atoms with Crippen molar-refractivity contribution in [2.75, 3.05) is 0 Å². The highest BCUT2D eigenvalue weighted by Gasteiger charge is 2.47. The summed E-state index contributed by atoms with van der Waals surface area (Å²) >= 11 is 0. The van der Waals surface area contributed by atoms with Crippen LogP contribution in [0.3, 0.4) is 0 Å². The molecular weight excluding hydrogens is 260 g/mol. The summed E-state index contributed by atoms with van der Waals surface area (Å²) in [5.74, 6) is 1.46. The maximum atomic E-state index is 6.38. The van der Waals surface area contributed by atoms with Crippen LogP contribution in [0.25, 0.3) is 0 Å². The molecule has 116 valence electrons. The van der Waals surface area contributed by atoms with Gasteiger partial charge in [-0.1, -0.05) is 32.9 Å². The lowest BCUT2D eigenvalue weighted by Gasteiger charge is -2.48. The maximum absolute atomic E-state index is 6.38. The maximum Gasteiger partial charge on any atom is 0.126 e. The molecule has 0 aromatic heterocycles. The third-order valence-corrected chi connectivity index (χ3v) is 5.08. The molecule has 0 amide bonds. The van der Waals surface area contributed by atoms with Crippen LogP contribution in [0.4, 0.5) is 0 Å². The molecule has 1 fully saturated rings. The highest BCUT2D eigenvalue weighted by atomic mass is 16.5. The Bertz CT molecular complexity index is 539. The Kier molecular flexibility index (Phi) is 3.36. The topological polar surface area (TPSA) is 18.5 Å². The fourth-order valence-electron chi connectivity index (χ4n) is 3.66. The van der Waals surface area contributed by atoms with Crippen LogP contribution in [0, 0.1) is 5.92 Å². The van der Waals surface area contributed by atoms with Crippen molar-refractivity contribution >= 4 is 0 Å². The van der Waals surface area contributed by atoms with Crippen LogP contribution < -0.4 is 4.74 Å². The van der Waals surface area contributed by atoms with E-state index in [-0.39, 0.29) is 17.1 Å². The largest absolute Gasteiger partial charge is 0.487 e. The van der Waals surface area contributed by atoms with Gasteiger partial charge in [-0.15, -0.1) is 0 Å². The average Bonchev–Trinajstić information content (AvgIpc) is 2.36. The van der Waals surface area contributed by atoms with Crippen molar-refractivity contribution in [3.63, 3.8) is 0 Å². The van der Waals surface area contributed by atoms with E-state index in [4.69, 9.17) is 9.47 Å². The summed E-state index contributed by atoms with van der Waals surface area (Å²) in [6.07, 6.45) is 2.83. The van der Waals surface area contributed by atoms with Crippen LogP contribution in [0.1, 0.15) is 71.6 Å². The number of benzene rings is 1. The summed E-state index contributed by atoms with van der Waals surface area (Å²) in [6.45, 7) is 13.3. The molecule has 0 aliphatic carbocycles. The molecule has 2 aliphatic rings. The minimum atomic E-state index is -0.158. The van der Waals surface area contributed by atoms with Crippen molar-refractivity contribution in [1.29, 1.82) is 0 Å². The molecule has 1 aromatic rings. The van der Waals surface area contributed by atoms with E-state index in [1.54, 1.807) is 0 Å². The van der Waals surface area contributed by atoms with E-state index in [1.165, 1.54) is 17.5 Å². The van der Waals surface area contributed by atoms with E-state index < -0.39 is 0 Å². The van der Waals surface area contributed by atoms with Crippen LogP contribution in [0.2, 0.25) is 0 Å².